The van der Waals surface area contributed by atoms with Crippen LogP contribution in [0.4, 0.5) is 0 Å². The highest BCUT2D eigenvalue weighted by Crippen LogP contribution is 2.32. The van der Waals surface area contributed by atoms with E-state index in [0.29, 0.717) is 18.9 Å². The third kappa shape index (κ3) is 3.11. The number of nitrogens with one attached hydrogen (secondary N) is 1. The number of ether oxygens (including phenoxy) is 1. The van der Waals surface area contributed by atoms with E-state index in [1.54, 1.807) is 12.1 Å². The number of aliphatic hydroxyl groups excluding tert-OH is 1. The Morgan fingerprint density at radius 1 is 1.50 bits per heavy atom. The predicted molar refractivity (Wildman–Crippen MR) is 65.3 cm³/mol. The lowest BCUT2D eigenvalue weighted by molar-refractivity contribution is -0.0512. The van der Waals surface area contributed by atoms with Gasteiger partial charge in [-0.2, -0.15) is 0 Å². The number of carbonyl (C=O) groups excluding carboxylic acids is 1. The standard InChI is InChI=1S/C13H19NO4/c15-7-9-18-13(5-1-2-6-13)10-14-12(16)11-4-3-8-17-11/h3-4,8,15H,1-2,5-7,9-10H2,(H,14,16). The molecule has 1 aromatic heterocycles. The molecule has 0 unspecified atom stereocenters. The summed E-state index contributed by atoms with van der Waals surface area (Å²) in [6, 6.07) is 3.31. The fourth-order valence-corrected chi connectivity index (χ4v) is 2.39. The van der Waals surface area contributed by atoms with Crippen molar-refractivity contribution in [2.24, 2.45) is 0 Å². The van der Waals surface area contributed by atoms with Crippen LogP contribution < -0.4 is 5.32 Å². The van der Waals surface area contributed by atoms with Gasteiger partial charge in [-0.25, -0.2) is 0 Å². The molecule has 2 N–H and O–H groups in total. The van der Waals surface area contributed by atoms with Crippen LogP contribution in [0.3, 0.4) is 0 Å². The van der Waals surface area contributed by atoms with Gasteiger partial charge in [0.25, 0.3) is 5.91 Å². The van der Waals surface area contributed by atoms with E-state index in [1.807, 2.05) is 0 Å². The highest BCUT2D eigenvalue weighted by atomic mass is 16.5. The Morgan fingerprint density at radius 2 is 2.28 bits per heavy atom. The van der Waals surface area contributed by atoms with Crippen molar-refractivity contribution in [3.05, 3.63) is 24.2 Å². The number of furan rings is 1. The summed E-state index contributed by atoms with van der Waals surface area (Å²) in [4.78, 5) is 11.8. The Bertz CT molecular complexity index is 368. The number of carbonyl (C=O) groups is 1. The summed E-state index contributed by atoms with van der Waals surface area (Å²) >= 11 is 0. The third-order valence-electron chi connectivity index (χ3n) is 3.33. The first kappa shape index (κ1) is 13.1. The number of amides is 1. The van der Waals surface area contributed by atoms with Gasteiger partial charge >= 0.3 is 0 Å². The summed E-state index contributed by atoms with van der Waals surface area (Å²) in [5, 5.41) is 11.7. The zero-order valence-corrected chi connectivity index (χ0v) is 10.4. The van der Waals surface area contributed by atoms with Crippen LogP contribution in [0.1, 0.15) is 36.2 Å². The molecule has 0 aromatic carbocycles. The van der Waals surface area contributed by atoms with E-state index in [9.17, 15) is 4.79 Å². The molecule has 0 spiro atoms. The number of rotatable bonds is 6. The van der Waals surface area contributed by atoms with Crippen LogP contribution in [0.5, 0.6) is 0 Å². The van der Waals surface area contributed by atoms with Crippen LogP contribution in [0.25, 0.3) is 0 Å². The van der Waals surface area contributed by atoms with Gasteiger partial charge in [0.2, 0.25) is 0 Å². The highest BCUT2D eigenvalue weighted by Gasteiger charge is 2.35. The first-order valence-corrected chi connectivity index (χ1v) is 6.32. The Labute approximate surface area is 106 Å². The molecule has 18 heavy (non-hydrogen) atoms. The maximum Gasteiger partial charge on any atom is 0.287 e. The topological polar surface area (TPSA) is 71.7 Å². The molecule has 100 valence electrons. The quantitative estimate of drug-likeness (QED) is 0.802. The minimum absolute atomic E-state index is 0.00782. The third-order valence-corrected chi connectivity index (χ3v) is 3.33. The summed E-state index contributed by atoms with van der Waals surface area (Å²) in [6.07, 6.45) is 5.52. The SMILES string of the molecule is O=C(NCC1(OCCO)CCCC1)c1ccco1. The first-order chi connectivity index (χ1) is 8.76. The Hall–Kier alpha value is -1.33. The fraction of sp³-hybridized carbons (Fsp3) is 0.615. The maximum absolute atomic E-state index is 11.8. The largest absolute Gasteiger partial charge is 0.459 e. The van der Waals surface area contributed by atoms with Crippen molar-refractivity contribution in [3.8, 4) is 0 Å². The molecule has 2 rings (SSSR count). The van der Waals surface area contributed by atoms with E-state index in [-0.39, 0.29) is 18.1 Å². The van der Waals surface area contributed by atoms with Crippen LogP contribution in [-0.4, -0.2) is 36.4 Å². The Kier molecular flexibility index (Phi) is 4.38. The van der Waals surface area contributed by atoms with E-state index in [4.69, 9.17) is 14.3 Å². The minimum Gasteiger partial charge on any atom is -0.459 e. The molecule has 5 nitrogen and oxygen atoms in total. The van der Waals surface area contributed by atoms with Crippen molar-refractivity contribution in [1.82, 2.24) is 5.32 Å². The van der Waals surface area contributed by atoms with E-state index in [2.05, 4.69) is 5.32 Å². The van der Waals surface area contributed by atoms with Crippen molar-refractivity contribution in [3.63, 3.8) is 0 Å². The Balaban J connectivity index is 1.88. The number of hydrogen-bond donors (Lipinski definition) is 2. The second-order valence-corrected chi connectivity index (χ2v) is 4.62. The highest BCUT2D eigenvalue weighted by molar-refractivity contribution is 5.91. The van der Waals surface area contributed by atoms with Crippen LogP contribution in [-0.2, 0) is 4.74 Å². The molecule has 1 aromatic rings. The van der Waals surface area contributed by atoms with Crippen molar-refractivity contribution < 1.29 is 19.1 Å². The molecule has 1 saturated carbocycles. The summed E-state index contributed by atoms with van der Waals surface area (Å²) in [7, 11) is 0. The van der Waals surface area contributed by atoms with Crippen molar-refractivity contribution in [2.45, 2.75) is 31.3 Å². The summed E-state index contributed by atoms with van der Waals surface area (Å²) < 4.78 is 10.7. The van der Waals surface area contributed by atoms with Crippen LogP contribution in [0, 0.1) is 0 Å². The number of aliphatic hydroxyl groups is 1. The molecular weight excluding hydrogens is 234 g/mol. The molecule has 1 fully saturated rings. The van der Waals surface area contributed by atoms with Gasteiger partial charge in [-0.05, 0) is 25.0 Å². The second kappa shape index (κ2) is 6.02. The molecule has 1 aliphatic carbocycles. The molecule has 0 radical (unpaired) electrons. The van der Waals surface area contributed by atoms with E-state index >= 15 is 0 Å². The van der Waals surface area contributed by atoms with Gasteiger partial charge in [0.1, 0.15) is 0 Å². The lowest BCUT2D eigenvalue weighted by atomic mass is 10.0. The Morgan fingerprint density at radius 3 is 2.89 bits per heavy atom. The summed E-state index contributed by atoms with van der Waals surface area (Å²) in [6.45, 7) is 0.789. The first-order valence-electron chi connectivity index (χ1n) is 6.32. The van der Waals surface area contributed by atoms with E-state index in [0.717, 1.165) is 25.7 Å². The zero-order valence-electron chi connectivity index (χ0n) is 10.4. The van der Waals surface area contributed by atoms with Gasteiger partial charge in [-0.3, -0.25) is 4.79 Å². The lowest BCUT2D eigenvalue weighted by Crippen LogP contribution is -2.43. The number of hydrogen-bond acceptors (Lipinski definition) is 4. The molecule has 1 aliphatic rings. The van der Waals surface area contributed by atoms with Crippen LogP contribution >= 0.6 is 0 Å². The van der Waals surface area contributed by atoms with E-state index in [1.165, 1.54) is 6.26 Å². The monoisotopic (exact) mass is 253 g/mol. The van der Waals surface area contributed by atoms with Crippen molar-refractivity contribution in [2.75, 3.05) is 19.8 Å². The molecule has 5 heteroatoms. The molecule has 0 atom stereocenters. The molecule has 1 amide bonds. The predicted octanol–water partition coefficient (Wildman–Crippen LogP) is 1.33. The lowest BCUT2D eigenvalue weighted by Gasteiger charge is -2.29. The zero-order chi connectivity index (χ0) is 12.8. The normalized spacial score (nSPS) is 17.8. The van der Waals surface area contributed by atoms with Gasteiger partial charge in [0.05, 0.1) is 25.1 Å². The molecule has 0 saturated heterocycles. The van der Waals surface area contributed by atoms with Gasteiger partial charge < -0.3 is 19.6 Å². The fourth-order valence-electron chi connectivity index (χ4n) is 2.39. The van der Waals surface area contributed by atoms with Crippen molar-refractivity contribution in [1.29, 1.82) is 0 Å². The average Bonchev–Trinajstić information content (AvgIpc) is 3.05. The average molecular weight is 253 g/mol. The molecule has 0 aliphatic heterocycles. The molecule has 0 bridgehead atoms. The van der Waals surface area contributed by atoms with Gasteiger partial charge in [0, 0.05) is 6.54 Å². The van der Waals surface area contributed by atoms with Crippen LogP contribution in [0.15, 0.2) is 22.8 Å². The molecule has 1 heterocycles. The second-order valence-electron chi connectivity index (χ2n) is 4.62. The smallest absolute Gasteiger partial charge is 0.287 e. The summed E-state index contributed by atoms with van der Waals surface area (Å²) in [5.41, 5.74) is -0.315. The molecular formula is C13H19NO4. The summed E-state index contributed by atoms with van der Waals surface area (Å²) in [5.74, 6) is 0.0872. The van der Waals surface area contributed by atoms with Crippen LogP contribution in [0.2, 0.25) is 0 Å². The van der Waals surface area contributed by atoms with E-state index < -0.39 is 0 Å². The van der Waals surface area contributed by atoms with Crippen molar-refractivity contribution >= 4 is 5.91 Å². The minimum atomic E-state index is -0.315. The van der Waals surface area contributed by atoms with Gasteiger partial charge in [0.15, 0.2) is 5.76 Å². The maximum atomic E-state index is 11.8. The van der Waals surface area contributed by atoms with Gasteiger partial charge in [-0.1, -0.05) is 12.8 Å². The van der Waals surface area contributed by atoms with Gasteiger partial charge in [-0.15, -0.1) is 0 Å².